The molecule has 0 amide bonds. The van der Waals surface area contributed by atoms with Crippen molar-refractivity contribution in [1.82, 2.24) is 0 Å². The third-order valence-electron chi connectivity index (χ3n) is 2.35. The number of ether oxygens (including phenoxy) is 1. The summed E-state index contributed by atoms with van der Waals surface area (Å²) in [5.74, 6) is -1.45. The Hall–Kier alpha value is -2.30. The van der Waals surface area contributed by atoms with Gasteiger partial charge < -0.3 is 14.7 Å². The molecule has 102 valence electrons. The largest absolute Gasteiger partial charge is 0.480 e. The molecule has 0 radical (unpaired) electrons. The molecule has 0 unspecified atom stereocenters. The maximum Gasteiger partial charge on any atom is 0.325 e. The first-order valence-corrected chi connectivity index (χ1v) is 5.92. The number of nitrogens with zero attached hydrogens (tertiary/aromatic N) is 1. The van der Waals surface area contributed by atoms with Crippen molar-refractivity contribution in [2.45, 2.75) is 6.42 Å². The van der Waals surface area contributed by atoms with Crippen molar-refractivity contribution in [2.75, 3.05) is 24.6 Å². The minimum Gasteiger partial charge on any atom is -0.480 e. The molecule has 1 rings (SSSR count). The molecule has 1 aromatic rings. The molecular weight excluding hydrogens is 246 g/mol. The van der Waals surface area contributed by atoms with Gasteiger partial charge in [-0.15, -0.1) is 6.58 Å². The van der Waals surface area contributed by atoms with Crippen LogP contribution in [-0.4, -0.2) is 36.7 Å². The number of carboxylic acid groups (broad SMARTS) is 1. The smallest absolute Gasteiger partial charge is 0.325 e. The van der Waals surface area contributed by atoms with Gasteiger partial charge in [-0.3, -0.25) is 9.59 Å². The zero-order valence-corrected chi connectivity index (χ0v) is 10.6. The summed E-state index contributed by atoms with van der Waals surface area (Å²) in [5, 5.41) is 8.87. The van der Waals surface area contributed by atoms with Crippen LogP contribution in [-0.2, 0) is 14.3 Å². The number of carbonyl (C=O) groups is 2. The molecule has 0 bridgehead atoms. The summed E-state index contributed by atoms with van der Waals surface area (Å²) in [5.41, 5.74) is 0.672. The van der Waals surface area contributed by atoms with E-state index in [4.69, 9.17) is 9.84 Å². The molecule has 5 heteroatoms. The van der Waals surface area contributed by atoms with E-state index in [-0.39, 0.29) is 19.7 Å². The molecule has 5 nitrogen and oxygen atoms in total. The number of aliphatic carboxylic acids is 1. The highest BCUT2D eigenvalue weighted by molar-refractivity contribution is 5.80. The molecule has 0 aliphatic heterocycles. The third-order valence-corrected chi connectivity index (χ3v) is 2.35. The summed E-state index contributed by atoms with van der Waals surface area (Å²) in [6.07, 6.45) is 2.23. The molecule has 0 heterocycles. The Labute approximate surface area is 112 Å². The topological polar surface area (TPSA) is 66.8 Å². The Kier molecular flexibility index (Phi) is 6.15. The van der Waals surface area contributed by atoms with Crippen molar-refractivity contribution in [3.8, 4) is 0 Å². The van der Waals surface area contributed by atoms with Crippen molar-refractivity contribution in [3.63, 3.8) is 0 Å². The van der Waals surface area contributed by atoms with Gasteiger partial charge >= 0.3 is 11.9 Å². The van der Waals surface area contributed by atoms with Crippen molar-refractivity contribution in [3.05, 3.63) is 43.0 Å². The van der Waals surface area contributed by atoms with Gasteiger partial charge in [0, 0.05) is 5.69 Å². The molecule has 0 spiro atoms. The second kappa shape index (κ2) is 7.92. The van der Waals surface area contributed by atoms with Gasteiger partial charge in [-0.1, -0.05) is 24.3 Å². The minimum absolute atomic E-state index is 0.0898. The van der Waals surface area contributed by atoms with Gasteiger partial charge in [0.15, 0.2) is 0 Å². The van der Waals surface area contributed by atoms with Gasteiger partial charge in [0.05, 0.1) is 6.61 Å². The van der Waals surface area contributed by atoms with E-state index in [0.29, 0.717) is 12.1 Å². The molecule has 0 fully saturated rings. The number of hydrogen-bond acceptors (Lipinski definition) is 4. The number of hydrogen-bond donors (Lipinski definition) is 1. The van der Waals surface area contributed by atoms with E-state index < -0.39 is 11.9 Å². The normalized spacial score (nSPS) is 9.68. The van der Waals surface area contributed by atoms with Gasteiger partial charge in [-0.2, -0.15) is 0 Å². The molecule has 0 aliphatic rings. The highest BCUT2D eigenvalue weighted by Crippen LogP contribution is 2.12. The van der Waals surface area contributed by atoms with E-state index in [0.717, 1.165) is 0 Å². The Morgan fingerprint density at radius 1 is 1.26 bits per heavy atom. The number of para-hydroxylation sites is 1. The second-order valence-corrected chi connectivity index (χ2v) is 3.88. The fraction of sp³-hybridized carbons (Fsp3) is 0.286. The Morgan fingerprint density at radius 3 is 2.53 bits per heavy atom. The quantitative estimate of drug-likeness (QED) is 0.439. The van der Waals surface area contributed by atoms with E-state index >= 15 is 0 Å². The Balaban J connectivity index is 2.62. The molecular formula is C14H17NO4. The predicted molar refractivity (Wildman–Crippen MR) is 72.1 cm³/mol. The van der Waals surface area contributed by atoms with Gasteiger partial charge in [0.25, 0.3) is 0 Å². The lowest BCUT2D eigenvalue weighted by molar-refractivity contribution is -0.141. The van der Waals surface area contributed by atoms with Crippen LogP contribution in [0, 0.1) is 0 Å². The zero-order chi connectivity index (χ0) is 14.1. The number of esters is 1. The van der Waals surface area contributed by atoms with Crippen molar-refractivity contribution >= 4 is 17.6 Å². The lowest BCUT2D eigenvalue weighted by Gasteiger charge is -2.21. The van der Waals surface area contributed by atoms with Crippen LogP contribution < -0.4 is 4.90 Å². The molecule has 1 aromatic carbocycles. The van der Waals surface area contributed by atoms with E-state index in [1.807, 2.05) is 6.07 Å². The number of anilines is 1. The van der Waals surface area contributed by atoms with Crippen molar-refractivity contribution in [2.24, 2.45) is 0 Å². The van der Waals surface area contributed by atoms with Crippen molar-refractivity contribution < 1.29 is 19.4 Å². The molecule has 1 N–H and O–H groups in total. The molecule has 0 aromatic heterocycles. The maximum absolute atomic E-state index is 11.6. The van der Waals surface area contributed by atoms with E-state index in [1.165, 1.54) is 4.90 Å². The Morgan fingerprint density at radius 2 is 1.95 bits per heavy atom. The summed E-state index contributed by atoms with van der Waals surface area (Å²) in [6.45, 7) is 3.45. The van der Waals surface area contributed by atoms with E-state index in [2.05, 4.69) is 6.58 Å². The first-order chi connectivity index (χ1) is 9.13. The zero-order valence-electron chi connectivity index (χ0n) is 10.6. The summed E-state index contributed by atoms with van der Waals surface area (Å²) < 4.78 is 4.97. The highest BCUT2D eigenvalue weighted by Gasteiger charge is 2.15. The molecule has 0 saturated heterocycles. The highest BCUT2D eigenvalue weighted by atomic mass is 16.5. The second-order valence-electron chi connectivity index (χ2n) is 3.88. The third kappa shape index (κ3) is 5.72. The lowest BCUT2D eigenvalue weighted by atomic mass is 10.3. The van der Waals surface area contributed by atoms with E-state index in [1.54, 1.807) is 30.3 Å². The fourth-order valence-corrected chi connectivity index (χ4v) is 1.50. The SMILES string of the molecule is C=CCCOC(=O)CN(CC(=O)O)c1ccccc1. The van der Waals surface area contributed by atoms with Crippen molar-refractivity contribution in [1.29, 1.82) is 0 Å². The average molecular weight is 263 g/mol. The summed E-state index contributed by atoms with van der Waals surface area (Å²) >= 11 is 0. The van der Waals surface area contributed by atoms with Crippen LogP contribution in [0.15, 0.2) is 43.0 Å². The van der Waals surface area contributed by atoms with E-state index in [9.17, 15) is 9.59 Å². The number of benzene rings is 1. The van der Waals surface area contributed by atoms with Gasteiger partial charge in [0.2, 0.25) is 0 Å². The number of rotatable bonds is 8. The fourth-order valence-electron chi connectivity index (χ4n) is 1.50. The van der Waals surface area contributed by atoms with Gasteiger partial charge in [-0.25, -0.2) is 0 Å². The molecule has 0 saturated carbocycles. The lowest BCUT2D eigenvalue weighted by Crippen LogP contribution is -2.35. The number of carboxylic acids is 1. The Bertz CT molecular complexity index is 430. The maximum atomic E-state index is 11.6. The van der Waals surface area contributed by atoms with Crippen LogP contribution in [0.4, 0.5) is 5.69 Å². The van der Waals surface area contributed by atoms with Crippen LogP contribution >= 0.6 is 0 Å². The first-order valence-electron chi connectivity index (χ1n) is 5.92. The minimum atomic E-state index is -0.997. The van der Waals surface area contributed by atoms with Crippen LogP contribution in [0.1, 0.15) is 6.42 Å². The van der Waals surface area contributed by atoms with Crippen LogP contribution in [0.25, 0.3) is 0 Å². The summed E-state index contributed by atoms with van der Waals surface area (Å²) in [6, 6.07) is 8.89. The average Bonchev–Trinajstić information content (AvgIpc) is 2.39. The standard InChI is InChI=1S/C14H17NO4/c1-2-3-9-19-14(18)11-15(10-13(16)17)12-7-5-4-6-8-12/h2,4-8H,1,3,9-11H2,(H,16,17). The molecule has 0 aliphatic carbocycles. The van der Waals surface area contributed by atoms with Crippen LogP contribution in [0.5, 0.6) is 0 Å². The summed E-state index contributed by atoms with van der Waals surface area (Å²) in [7, 11) is 0. The van der Waals surface area contributed by atoms with Gasteiger partial charge in [0.1, 0.15) is 13.1 Å². The molecule has 19 heavy (non-hydrogen) atoms. The molecule has 0 atom stereocenters. The predicted octanol–water partition coefficient (Wildman–Crippen LogP) is 1.70. The number of carbonyl (C=O) groups excluding carboxylic acids is 1. The monoisotopic (exact) mass is 263 g/mol. The van der Waals surface area contributed by atoms with Crippen LogP contribution in [0.3, 0.4) is 0 Å². The van der Waals surface area contributed by atoms with Crippen LogP contribution in [0.2, 0.25) is 0 Å². The summed E-state index contributed by atoms with van der Waals surface area (Å²) in [4.78, 5) is 23.9. The van der Waals surface area contributed by atoms with Gasteiger partial charge in [-0.05, 0) is 18.6 Å². The first kappa shape index (κ1) is 14.8.